The molecule has 20 heavy (non-hydrogen) atoms. The van der Waals surface area contributed by atoms with Crippen molar-refractivity contribution in [1.29, 1.82) is 0 Å². The van der Waals surface area contributed by atoms with E-state index < -0.39 is 0 Å². The number of aromatic amines is 1. The zero-order valence-electron chi connectivity index (χ0n) is 11.5. The number of H-pyrrole nitrogens is 1. The highest BCUT2D eigenvalue weighted by Gasteiger charge is 2.08. The quantitative estimate of drug-likeness (QED) is 0.739. The first-order valence-corrected chi connectivity index (χ1v) is 6.71. The van der Waals surface area contributed by atoms with E-state index in [1.165, 1.54) is 0 Å². The Bertz CT molecular complexity index is 565. The standard InChI is InChI=1S/C14H19N5O/c1-2-3-11-6-10(7-13(15)19-11)14(20)17-5-4-12-8-16-9-18-12/h6-9H,2-5H2,1H3,(H2,15,19)(H,16,18)(H,17,20). The van der Waals surface area contributed by atoms with Crippen LogP contribution in [0.4, 0.5) is 5.82 Å². The van der Waals surface area contributed by atoms with E-state index in [0.717, 1.165) is 24.2 Å². The number of aryl methyl sites for hydroxylation is 1. The van der Waals surface area contributed by atoms with Crippen molar-refractivity contribution in [2.45, 2.75) is 26.2 Å². The smallest absolute Gasteiger partial charge is 0.251 e. The maximum absolute atomic E-state index is 12.1. The summed E-state index contributed by atoms with van der Waals surface area (Å²) in [5.74, 6) is 0.255. The minimum Gasteiger partial charge on any atom is -0.384 e. The van der Waals surface area contributed by atoms with Gasteiger partial charge in [-0.2, -0.15) is 0 Å². The fraction of sp³-hybridized carbons (Fsp3) is 0.357. The normalized spacial score (nSPS) is 10.4. The number of hydrogen-bond donors (Lipinski definition) is 3. The third-order valence-corrected chi connectivity index (χ3v) is 2.90. The number of nitrogens with zero attached hydrogens (tertiary/aromatic N) is 2. The molecule has 0 aliphatic heterocycles. The van der Waals surface area contributed by atoms with Crippen LogP contribution in [-0.4, -0.2) is 27.4 Å². The summed E-state index contributed by atoms with van der Waals surface area (Å²) in [6, 6.07) is 3.40. The largest absolute Gasteiger partial charge is 0.384 e. The van der Waals surface area contributed by atoms with Gasteiger partial charge in [0.05, 0.1) is 6.33 Å². The van der Waals surface area contributed by atoms with Crippen molar-refractivity contribution in [2.24, 2.45) is 0 Å². The summed E-state index contributed by atoms with van der Waals surface area (Å²) in [7, 11) is 0. The lowest BCUT2D eigenvalue weighted by atomic mass is 10.1. The molecule has 4 N–H and O–H groups in total. The summed E-state index contributed by atoms with van der Waals surface area (Å²) in [5, 5.41) is 2.86. The van der Waals surface area contributed by atoms with Gasteiger partial charge < -0.3 is 16.0 Å². The molecule has 2 heterocycles. The molecule has 0 atom stereocenters. The summed E-state index contributed by atoms with van der Waals surface area (Å²) >= 11 is 0. The van der Waals surface area contributed by atoms with Crippen molar-refractivity contribution in [3.8, 4) is 0 Å². The molecule has 0 spiro atoms. The van der Waals surface area contributed by atoms with E-state index in [-0.39, 0.29) is 5.91 Å². The van der Waals surface area contributed by atoms with Gasteiger partial charge in [0.1, 0.15) is 5.82 Å². The molecule has 1 amide bonds. The molecule has 2 aromatic rings. The van der Waals surface area contributed by atoms with Crippen LogP contribution in [0.2, 0.25) is 0 Å². The summed E-state index contributed by atoms with van der Waals surface area (Å²) in [5.41, 5.74) is 8.13. The molecule has 0 fully saturated rings. The van der Waals surface area contributed by atoms with E-state index in [9.17, 15) is 4.79 Å². The number of rotatable bonds is 6. The van der Waals surface area contributed by atoms with Gasteiger partial charge in [-0.15, -0.1) is 0 Å². The molecule has 0 unspecified atom stereocenters. The van der Waals surface area contributed by atoms with Crippen molar-refractivity contribution >= 4 is 11.7 Å². The molecular weight excluding hydrogens is 254 g/mol. The number of hydrogen-bond acceptors (Lipinski definition) is 4. The molecule has 0 radical (unpaired) electrons. The highest BCUT2D eigenvalue weighted by molar-refractivity contribution is 5.94. The Balaban J connectivity index is 1.94. The Labute approximate surface area is 117 Å². The second-order valence-electron chi connectivity index (χ2n) is 4.60. The first-order chi connectivity index (χ1) is 9.69. The predicted octanol–water partition coefficient (Wildman–Crippen LogP) is 1.31. The fourth-order valence-electron chi connectivity index (χ4n) is 1.96. The minimum atomic E-state index is -0.129. The van der Waals surface area contributed by atoms with Gasteiger partial charge in [0.2, 0.25) is 0 Å². The lowest BCUT2D eigenvalue weighted by Gasteiger charge is -2.07. The lowest BCUT2D eigenvalue weighted by molar-refractivity contribution is 0.0954. The number of carbonyl (C=O) groups is 1. The fourth-order valence-corrected chi connectivity index (χ4v) is 1.96. The van der Waals surface area contributed by atoms with E-state index in [2.05, 4.69) is 27.2 Å². The second kappa shape index (κ2) is 6.70. The number of pyridine rings is 1. The molecule has 106 valence electrons. The van der Waals surface area contributed by atoms with Gasteiger partial charge in [-0.05, 0) is 18.6 Å². The zero-order valence-corrected chi connectivity index (χ0v) is 11.5. The first kappa shape index (κ1) is 14.0. The van der Waals surface area contributed by atoms with Gasteiger partial charge in [0.25, 0.3) is 5.91 Å². The van der Waals surface area contributed by atoms with Crippen molar-refractivity contribution in [3.63, 3.8) is 0 Å². The number of anilines is 1. The molecule has 2 rings (SSSR count). The number of amides is 1. The topological polar surface area (TPSA) is 96.7 Å². The van der Waals surface area contributed by atoms with Crippen LogP contribution < -0.4 is 11.1 Å². The van der Waals surface area contributed by atoms with Gasteiger partial charge in [-0.25, -0.2) is 9.97 Å². The van der Waals surface area contributed by atoms with E-state index in [1.807, 2.05) is 0 Å². The molecule has 0 saturated heterocycles. The van der Waals surface area contributed by atoms with E-state index in [0.29, 0.717) is 24.3 Å². The maximum atomic E-state index is 12.1. The Kier molecular flexibility index (Phi) is 4.70. The average molecular weight is 273 g/mol. The van der Waals surface area contributed by atoms with Crippen LogP contribution in [0, 0.1) is 0 Å². The van der Waals surface area contributed by atoms with Crippen molar-refractivity contribution in [1.82, 2.24) is 20.3 Å². The number of nitrogens with two attached hydrogens (primary N) is 1. The molecular formula is C14H19N5O. The van der Waals surface area contributed by atoms with Crippen LogP contribution in [0.5, 0.6) is 0 Å². The Hall–Kier alpha value is -2.37. The van der Waals surface area contributed by atoms with Gasteiger partial charge in [-0.3, -0.25) is 4.79 Å². The molecule has 2 aromatic heterocycles. The predicted molar refractivity (Wildman–Crippen MR) is 77.3 cm³/mol. The minimum absolute atomic E-state index is 0.129. The van der Waals surface area contributed by atoms with E-state index >= 15 is 0 Å². The Morgan fingerprint density at radius 3 is 2.95 bits per heavy atom. The summed E-state index contributed by atoms with van der Waals surface area (Å²) in [4.78, 5) is 23.2. The van der Waals surface area contributed by atoms with Gasteiger partial charge in [0, 0.05) is 36.1 Å². The first-order valence-electron chi connectivity index (χ1n) is 6.71. The SMILES string of the molecule is CCCc1cc(C(=O)NCCc2cnc[nH]2)cc(N)n1. The van der Waals surface area contributed by atoms with Gasteiger partial charge >= 0.3 is 0 Å². The average Bonchev–Trinajstić information content (AvgIpc) is 2.91. The summed E-state index contributed by atoms with van der Waals surface area (Å²) in [6.07, 6.45) is 5.87. The Morgan fingerprint density at radius 1 is 1.40 bits per heavy atom. The maximum Gasteiger partial charge on any atom is 0.251 e. The summed E-state index contributed by atoms with van der Waals surface area (Å²) < 4.78 is 0. The van der Waals surface area contributed by atoms with Crippen LogP contribution in [0.3, 0.4) is 0 Å². The highest BCUT2D eigenvalue weighted by Crippen LogP contribution is 2.09. The second-order valence-corrected chi connectivity index (χ2v) is 4.60. The van der Waals surface area contributed by atoms with Crippen LogP contribution >= 0.6 is 0 Å². The number of nitrogens with one attached hydrogen (secondary N) is 2. The third kappa shape index (κ3) is 3.81. The van der Waals surface area contributed by atoms with Crippen molar-refractivity contribution in [2.75, 3.05) is 12.3 Å². The molecule has 0 aliphatic carbocycles. The Morgan fingerprint density at radius 2 is 2.25 bits per heavy atom. The molecule has 6 nitrogen and oxygen atoms in total. The van der Waals surface area contributed by atoms with Crippen LogP contribution in [-0.2, 0) is 12.8 Å². The van der Waals surface area contributed by atoms with Crippen LogP contribution in [0.1, 0.15) is 35.1 Å². The van der Waals surface area contributed by atoms with Crippen LogP contribution in [0.15, 0.2) is 24.7 Å². The molecule has 0 saturated carbocycles. The molecule has 0 aliphatic rings. The molecule has 0 aromatic carbocycles. The summed E-state index contributed by atoms with van der Waals surface area (Å²) in [6.45, 7) is 2.61. The number of nitrogen functional groups attached to an aromatic ring is 1. The third-order valence-electron chi connectivity index (χ3n) is 2.90. The van der Waals surface area contributed by atoms with Crippen molar-refractivity contribution in [3.05, 3.63) is 41.6 Å². The number of aromatic nitrogens is 3. The lowest BCUT2D eigenvalue weighted by Crippen LogP contribution is -2.26. The molecule has 0 bridgehead atoms. The highest BCUT2D eigenvalue weighted by atomic mass is 16.1. The van der Waals surface area contributed by atoms with Crippen LogP contribution in [0.25, 0.3) is 0 Å². The van der Waals surface area contributed by atoms with E-state index in [1.54, 1.807) is 24.7 Å². The molecule has 6 heteroatoms. The van der Waals surface area contributed by atoms with Gasteiger partial charge in [0.15, 0.2) is 0 Å². The van der Waals surface area contributed by atoms with Crippen molar-refractivity contribution < 1.29 is 4.79 Å². The number of imidazole rings is 1. The zero-order chi connectivity index (χ0) is 14.4. The van der Waals surface area contributed by atoms with E-state index in [4.69, 9.17) is 5.73 Å². The van der Waals surface area contributed by atoms with Gasteiger partial charge in [-0.1, -0.05) is 13.3 Å². The monoisotopic (exact) mass is 273 g/mol. The number of carbonyl (C=O) groups excluding carboxylic acids is 1.